The van der Waals surface area contributed by atoms with E-state index in [0.29, 0.717) is 6.07 Å². The van der Waals surface area contributed by atoms with Crippen LogP contribution in [0.5, 0.6) is 0 Å². The summed E-state index contributed by atoms with van der Waals surface area (Å²) in [4.78, 5) is 3.85. The van der Waals surface area contributed by atoms with E-state index < -0.39 is 17.6 Å². The number of nitrogens with two attached hydrogens (primary N) is 2. The van der Waals surface area contributed by atoms with Crippen LogP contribution >= 0.6 is 0 Å². The molecular weight excluding hydrogens is 276 g/mol. The van der Waals surface area contributed by atoms with Crippen molar-refractivity contribution in [2.24, 2.45) is 0 Å². The van der Waals surface area contributed by atoms with Crippen LogP contribution in [-0.2, 0) is 6.18 Å². The summed E-state index contributed by atoms with van der Waals surface area (Å²) in [6, 6.07) is 5.45. The molecule has 4 nitrogen and oxygen atoms in total. The Hall–Kier alpha value is -2.51. The van der Waals surface area contributed by atoms with Crippen molar-refractivity contribution >= 4 is 23.0 Å². The van der Waals surface area contributed by atoms with Gasteiger partial charge in [0.2, 0.25) is 0 Å². The first kappa shape index (κ1) is 13.9. The number of hydrogen-bond acceptors (Lipinski definition) is 4. The van der Waals surface area contributed by atoms with Gasteiger partial charge in [0.15, 0.2) is 0 Å². The minimum atomic E-state index is -4.77. The Kier molecular flexibility index (Phi) is 3.39. The number of rotatable bonds is 2. The first-order valence-corrected chi connectivity index (χ1v) is 5.43. The summed E-state index contributed by atoms with van der Waals surface area (Å²) in [7, 11) is 0. The fourth-order valence-electron chi connectivity index (χ4n) is 1.52. The zero-order valence-corrected chi connectivity index (χ0v) is 10.0. The minimum absolute atomic E-state index is 0.0374. The van der Waals surface area contributed by atoms with E-state index in [4.69, 9.17) is 11.5 Å². The fraction of sp³-hybridized carbons (Fsp3) is 0.0833. The SMILES string of the molecule is Nc1ccc(Nc2ccc(F)c(C(F)(F)F)c2)nc1N. The van der Waals surface area contributed by atoms with Gasteiger partial charge in [-0.2, -0.15) is 13.2 Å². The van der Waals surface area contributed by atoms with E-state index in [9.17, 15) is 17.6 Å². The lowest BCUT2D eigenvalue weighted by atomic mass is 10.2. The number of halogens is 4. The molecule has 1 heterocycles. The number of hydrogen-bond donors (Lipinski definition) is 3. The number of pyridine rings is 1. The molecule has 2 rings (SSSR count). The van der Waals surface area contributed by atoms with E-state index in [1.54, 1.807) is 0 Å². The summed E-state index contributed by atoms with van der Waals surface area (Å²) in [6.07, 6.45) is -4.77. The molecule has 0 aliphatic heterocycles. The van der Waals surface area contributed by atoms with E-state index in [2.05, 4.69) is 10.3 Å². The van der Waals surface area contributed by atoms with Gasteiger partial charge in [0.1, 0.15) is 17.5 Å². The number of benzene rings is 1. The topological polar surface area (TPSA) is 77.0 Å². The molecule has 0 radical (unpaired) electrons. The van der Waals surface area contributed by atoms with Gasteiger partial charge in [-0.15, -0.1) is 0 Å². The Morgan fingerprint density at radius 2 is 1.75 bits per heavy atom. The Morgan fingerprint density at radius 3 is 2.35 bits per heavy atom. The Labute approximate surface area is 111 Å². The maximum atomic E-state index is 13.1. The molecule has 0 spiro atoms. The normalized spacial score (nSPS) is 11.4. The molecule has 0 aliphatic carbocycles. The number of nitrogens with zero attached hydrogens (tertiary/aromatic N) is 1. The molecule has 8 heteroatoms. The second-order valence-corrected chi connectivity index (χ2v) is 3.99. The van der Waals surface area contributed by atoms with Crippen LogP contribution in [-0.4, -0.2) is 4.98 Å². The van der Waals surface area contributed by atoms with Crippen LogP contribution in [0.2, 0.25) is 0 Å². The standard InChI is InChI=1S/C12H10F4N4/c13-8-2-1-6(5-7(8)12(14,15)16)19-10-4-3-9(17)11(18)20-10/h1-5H,17H2,(H3,18,19,20). The smallest absolute Gasteiger partial charge is 0.396 e. The second kappa shape index (κ2) is 4.87. The average molecular weight is 286 g/mol. The first-order valence-electron chi connectivity index (χ1n) is 5.43. The van der Waals surface area contributed by atoms with E-state index >= 15 is 0 Å². The molecule has 0 saturated carbocycles. The highest BCUT2D eigenvalue weighted by Crippen LogP contribution is 2.33. The molecule has 20 heavy (non-hydrogen) atoms. The monoisotopic (exact) mass is 286 g/mol. The van der Waals surface area contributed by atoms with Crippen LogP contribution in [0.1, 0.15) is 5.56 Å². The van der Waals surface area contributed by atoms with Crippen molar-refractivity contribution in [3.05, 3.63) is 41.7 Å². The van der Waals surface area contributed by atoms with E-state index in [-0.39, 0.29) is 23.0 Å². The van der Waals surface area contributed by atoms with E-state index in [1.165, 1.54) is 18.2 Å². The summed E-state index contributed by atoms with van der Waals surface area (Å²) in [5.41, 5.74) is 9.89. The van der Waals surface area contributed by atoms with Gasteiger partial charge in [-0.05, 0) is 30.3 Å². The Morgan fingerprint density at radius 1 is 1.05 bits per heavy atom. The van der Waals surface area contributed by atoms with Crippen molar-refractivity contribution < 1.29 is 17.6 Å². The van der Waals surface area contributed by atoms with Crippen LogP contribution in [0.15, 0.2) is 30.3 Å². The zero-order valence-electron chi connectivity index (χ0n) is 10.0. The molecule has 0 fully saturated rings. The third-order valence-corrected chi connectivity index (χ3v) is 2.50. The lowest BCUT2D eigenvalue weighted by Crippen LogP contribution is -2.09. The maximum Gasteiger partial charge on any atom is 0.419 e. The van der Waals surface area contributed by atoms with Crippen molar-refractivity contribution in [3.8, 4) is 0 Å². The van der Waals surface area contributed by atoms with Crippen LogP contribution < -0.4 is 16.8 Å². The van der Waals surface area contributed by atoms with Crippen LogP contribution in [0.25, 0.3) is 0 Å². The van der Waals surface area contributed by atoms with Crippen LogP contribution in [0.3, 0.4) is 0 Å². The molecule has 1 aromatic carbocycles. The third-order valence-electron chi connectivity index (χ3n) is 2.50. The summed E-state index contributed by atoms with van der Waals surface area (Å²) in [5, 5.41) is 2.60. The average Bonchev–Trinajstić information content (AvgIpc) is 2.35. The number of nitrogen functional groups attached to an aromatic ring is 2. The highest BCUT2D eigenvalue weighted by Gasteiger charge is 2.34. The minimum Gasteiger partial charge on any atom is -0.396 e. The van der Waals surface area contributed by atoms with Gasteiger partial charge < -0.3 is 16.8 Å². The Bertz CT molecular complexity index is 640. The van der Waals surface area contributed by atoms with Gasteiger partial charge in [0, 0.05) is 5.69 Å². The highest BCUT2D eigenvalue weighted by molar-refractivity contribution is 5.65. The summed E-state index contributed by atoms with van der Waals surface area (Å²) >= 11 is 0. The van der Waals surface area contributed by atoms with Gasteiger partial charge in [-0.1, -0.05) is 0 Å². The number of alkyl halides is 3. The molecule has 0 unspecified atom stereocenters. The predicted molar refractivity (Wildman–Crippen MR) is 67.7 cm³/mol. The summed E-state index contributed by atoms with van der Waals surface area (Å²) in [6.45, 7) is 0. The zero-order chi connectivity index (χ0) is 14.9. The molecule has 0 amide bonds. The molecule has 0 saturated heterocycles. The summed E-state index contributed by atoms with van der Waals surface area (Å²) < 4.78 is 50.8. The lowest BCUT2D eigenvalue weighted by Gasteiger charge is -2.11. The molecule has 106 valence electrons. The lowest BCUT2D eigenvalue weighted by molar-refractivity contribution is -0.139. The van der Waals surface area contributed by atoms with Crippen molar-refractivity contribution in [2.45, 2.75) is 6.18 Å². The number of aromatic nitrogens is 1. The van der Waals surface area contributed by atoms with Crippen molar-refractivity contribution in [3.63, 3.8) is 0 Å². The maximum absolute atomic E-state index is 13.1. The summed E-state index contributed by atoms with van der Waals surface area (Å²) in [5.74, 6) is -1.09. The van der Waals surface area contributed by atoms with E-state index in [1.807, 2.05) is 0 Å². The number of nitrogens with one attached hydrogen (secondary N) is 1. The fourth-order valence-corrected chi connectivity index (χ4v) is 1.52. The molecule has 0 bridgehead atoms. The van der Waals surface area contributed by atoms with Crippen molar-refractivity contribution in [1.29, 1.82) is 0 Å². The molecule has 1 aromatic heterocycles. The number of anilines is 4. The molecular formula is C12H10F4N4. The van der Waals surface area contributed by atoms with Gasteiger partial charge >= 0.3 is 6.18 Å². The van der Waals surface area contributed by atoms with Gasteiger partial charge in [-0.3, -0.25) is 0 Å². The molecule has 0 atom stereocenters. The van der Waals surface area contributed by atoms with Crippen LogP contribution in [0.4, 0.5) is 40.6 Å². The largest absolute Gasteiger partial charge is 0.419 e. The second-order valence-electron chi connectivity index (χ2n) is 3.99. The molecule has 0 aliphatic rings. The van der Waals surface area contributed by atoms with Gasteiger partial charge in [0.25, 0.3) is 0 Å². The van der Waals surface area contributed by atoms with Crippen LogP contribution in [0, 0.1) is 5.82 Å². The van der Waals surface area contributed by atoms with Gasteiger partial charge in [-0.25, -0.2) is 9.37 Å². The molecule has 2 aromatic rings. The quantitative estimate of drug-likeness (QED) is 0.741. The molecule has 5 N–H and O–H groups in total. The third kappa shape index (κ3) is 2.90. The van der Waals surface area contributed by atoms with Crippen molar-refractivity contribution in [2.75, 3.05) is 16.8 Å². The van der Waals surface area contributed by atoms with Crippen molar-refractivity contribution in [1.82, 2.24) is 4.98 Å². The van der Waals surface area contributed by atoms with Gasteiger partial charge in [0.05, 0.1) is 11.3 Å². The highest BCUT2D eigenvalue weighted by atomic mass is 19.4. The first-order chi connectivity index (χ1) is 9.27. The Balaban J connectivity index is 2.32. The van der Waals surface area contributed by atoms with E-state index in [0.717, 1.165) is 6.07 Å². The predicted octanol–water partition coefficient (Wildman–Crippen LogP) is 3.15.